The summed E-state index contributed by atoms with van der Waals surface area (Å²) in [5, 5.41) is 0. The van der Waals surface area contributed by atoms with Crippen molar-refractivity contribution in [2.45, 2.75) is 19.8 Å². The lowest BCUT2D eigenvalue weighted by molar-refractivity contribution is 0.0691. The maximum absolute atomic E-state index is 12.2. The van der Waals surface area contributed by atoms with E-state index in [4.69, 9.17) is 11.6 Å². The fourth-order valence-electron chi connectivity index (χ4n) is 2.15. The van der Waals surface area contributed by atoms with Gasteiger partial charge in [0.2, 0.25) is 0 Å². The molecule has 0 unspecified atom stereocenters. The number of hydrogen-bond donors (Lipinski definition) is 0. The zero-order valence-electron chi connectivity index (χ0n) is 10.0. The number of carbonyl (C=O) groups excluding carboxylic acids is 1. The second kappa shape index (κ2) is 5.50. The predicted octanol–water partition coefficient (Wildman–Crippen LogP) is 2.48. The molecule has 0 spiro atoms. The Bertz CT molecular complexity index is 400. The van der Waals surface area contributed by atoms with E-state index in [0.29, 0.717) is 17.5 Å². The first-order valence-electron chi connectivity index (χ1n) is 5.99. The van der Waals surface area contributed by atoms with Crippen LogP contribution in [0.15, 0.2) is 18.3 Å². The van der Waals surface area contributed by atoms with Crippen LogP contribution in [0.1, 0.15) is 28.9 Å². The van der Waals surface area contributed by atoms with E-state index < -0.39 is 0 Å². The molecule has 0 bridgehead atoms. The predicted molar refractivity (Wildman–Crippen MR) is 68.3 cm³/mol. The van der Waals surface area contributed by atoms with Crippen LogP contribution in [-0.4, -0.2) is 34.8 Å². The van der Waals surface area contributed by atoms with Gasteiger partial charge in [-0.15, -0.1) is 11.6 Å². The number of nitrogens with zero attached hydrogens (tertiary/aromatic N) is 2. The lowest BCUT2D eigenvalue weighted by Gasteiger charge is -2.31. The van der Waals surface area contributed by atoms with Crippen LogP contribution < -0.4 is 0 Å². The summed E-state index contributed by atoms with van der Waals surface area (Å²) in [6.45, 7) is 3.52. The number of amides is 1. The van der Waals surface area contributed by atoms with Crippen molar-refractivity contribution in [1.29, 1.82) is 0 Å². The van der Waals surface area contributed by atoms with Crippen molar-refractivity contribution >= 4 is 17.5 Å². The number of halogens is 1. The first kappa shape index (κ1) is 12.4. The lowest BCUT2D eigenvalue weighted by Crippen LogP contribution is -2.39. The molecule has 92 valence electrons. The number of aromatic nitrogens is 1. The standard InChI is InChI=1S/C13H17ClN2O/c1-10-3-2-6-15-12(10)13(17)16-7-4-11(9-14)5-8-16/h2-3,6,11H,4-5,7-9H2,1H3. The molecule has 1 amide bonds. The Balaban J connectivity index is 2.04. The molecular formula is C13H17ClN2O. The third-order valence-corrected chi connectivity index (χ3v) is 3.77. The number of alkyl halides is 1. The number of pyridine rings is 1. The molecular weight excluding hydrogens is 236 g/mol. The maximum atomic E-state index is 12.2. The van der Waals surface area contributed by atoms with Crippen LogP contribution in [0.5, 0.6) is 0 Å². The highest BCUT2D eigenvalue weighted by atomic mass is 35.5. The smallest absolute Gasteiger partial charge is 0.272 e. The van der Waals surface area contributed by atoms with Crippen molar-refractivity contribution in [3.05, 3.63) is 29.6 Å². The Morgan fingerprint density at radius 2 is 2.24 bits per heavy atom. The fourth-order valence-corrected chi connectivity index (χ4v) is 2.46. The summed E-state index contributed by atoms with van der Waals surface area (Å²) >= 11 is 5.83. The van der Waals surface area contributed by atoms with Crippen molar-refractivity contribution in [2.75, 3.05) is 19.0 Å². The van der Waals surface area contributed by atoms with E-state index in [9.17, 15) is 4.79 Å². The second-order valence-electron chi connectivity index (χ2n) is 4.56. The van der Waals surface area contributed by atoms with E-state index in [1.165, 1.54) is 0 Å². The number of aryl methyl sites for hydroxylation is 1. The summed E-state index contributed by atoms with van der Waals surface area (Å²) in [7, 11) is 0. The second-order valence-corrected chi connectivity index (χ2v) is 4.87. The van der Waals surface area contributed by atoms with E-state index in [-0.39, 0.29) is 5.91 Å². The van der Waals surface area contributed by atoms with Gasteiger partial charge in [0.25, 0.3) is 5.91 Å². The first-order chi connectivity index (χ1) is 8.22. The van der Waals surface area contributed by atoms with Crippen molar-refractivity contribution in [2.24, 2.45) is 5.92 Å². The summed E-state index contributed by atoms with van der Waals surface area (Å²) < 4.78 is 0. The SMILES string of the molecule is Cc1cccnc1C(=O)N1CCC(CCl)CC1. The molecule has 17 heavy (non-hydrogen) atoms. The highest BCUT2D eigenvalue weighted by molar-refractivity contribution is 6.18. The zero-order chi connectivity index (χ0) is 12.3. The van der Waals surface area contributed by atoms with Crippen LogP contribution in [0.25, 0.3) is 0 Å². The number of piperidine rings is 1. The molecule has 0 aromatic carbocycles. The largest absolute Gasteiger partial charge is 0.337 e. The highest BCUT2D eigenvalue weighted by Gasteiger charge is 2.24. The van der Waals surface area contributed by atoms with E-state index >= 15 is 0 Å². The Labute approximate surface area is 107 Å². The van der Waals surface area contributed by atoms with Crippen LogP contribution in [0, 0.1) is 12.8 Å². The van der Waals surface area contributed by atoms with Crippen molar-refractivity contribution in [3.8, 4) is 0 Å². The van der Waals surface area contributed by atoms with Crippen molar-refractivity contribution in [3.63, 3.8) is 0 Å². The number of likely N-dealkylation sites (tertiary alicyclic amines) is 1. The molecule has 1 aromatic rings. The van der Waals surface area contributed by atoms with Gasteiger partial charge in [-0.2, -0.15) is 0 Å². The van der Waals surface area contributed by atoms with Crippen LogP contribution >= 0.6 is 11.6 Å². The minimum Gasteiger partial charge on any atom is -0.337 e. The molecule has 1 saturated heterocycles. The van der Waals surface area contributed by atoms with Gasteiger partial charge in [-0.1, -0.05) is 6.07 Å². The zero-order valence-corrected chi connectivity index (χ0v) is 10.8. The molecule has 2 rings (SSSR count). The third kappa shape index (κ3) is 2.78. The fraction of sp³-hybridized carbons (Fsp3) is 0.538. The molecule has 0 atom stereocenters. The molecule has 1 aromatic heterocycles. The van der Waals surface area contributed by atoms with E-state index in [1.807, 2.05) is 24.0 Å². The van der Waals surface area contributed by atoms with Gasteiger partial charge in [0.05, 0.1) is 0 Å². The van der Waals surface area contributed by atoms with Gasteiger partial charge in [0.15, 0.2) is 0 Å². The van der Waals surface area contributed by atoms with E-state index in [1.54, 1.807) is 6.20 Å². The molecule has 0 N–H and O–H groups in total. The molecule has 1 fully saturated rings. The Kier molecular flexibility index (Phi) is 4.00. The van der Waals surface area contributed by atoms with Gasteiger partial charge in [-0.05, 0) is 37.3 Å². The van der Waals surface area contributed by atoms with E-state index in [0.717, 1.165) is 31.5 Å². The minimum absolute atomic E-state index is 0.0520. The molecule has 0 aliphatic carbocycles. The molecule has 2 heterocycles. The third-order valence-electron chi connectivity index (χ3n) is 3.33. The lowest BCUT2D eigenvalue weighted by atomic mass is 9.98. The molecule has 1 aliphatic heterocycles. The molecule has 1 aliphatic rings. The van der Waals surface area contributed by atoms with Gasteiger partial charge in [-0.3, -0.25) is 9.78 Å². The first-order valence-corrected chi connectivity index (χ1v) is 6.52. The summed E-state index contributed by atoms with van der Waals surface area (Å²) in [5.74, 6) is 1.31. The summed E-state index contributed by atoms with van der Waals surface area (Å²) in [6, 6.07) is 3.78. The monoisotopic (exact) mass is 252 g/mol. The number of carbonyl (C=O) groups is 1. The van der Waals surface area contributed by atoms with Crippen LogP contribution in [0.3, 0.4) is 0 Å². The average molecular weight is 253 g/mol. The maximum Gasteiger partial charge on any atom is 0.272 e. The van der Waals surface area contributed by atoms with E-state index in [2.05, 4.69) is 4.98 Å². The molecule has 0 radical (unpaired) electrons. The normalized spacial score (nSPS) is 17.2. The van der Waals surface area contributed by atoms with Gasteiger partial charge < -0.3 is 4.90 Å². The minimum atomic E-state index is 0.0520. The van der Waals surface area contributed by atoms with Gasteiger partial charge in [0.1, 0.15) is 5.69 Å². The van der Waals surface area contributed by atoms with Gasteiger partial charge in [0, 0.05) is 25.2 Å². The quantitative estimate of drug-likeness (QED) is 0.758. The molecule has 4 heteroatoms. The summed E-state index contributed by atoms with van der Waals surface area (Å²) in [6.07, 6.45) is 3.67. The van der Waals surface area contributed by atoms with Gasteiger partial charge in [-0.25, -0.2) is 0 Å². The number of rotatable bonds is 2. The Morgan fingerprint density at radius 1 is 1.53 bits per heavy atom. The van der Waals surface area contributed by atoms with Crippen molar-refractivity contribution < 1.29 is 4.79 Å². The Morgan fingerprint density at radius 3 is 2.82 bits per heavy atom. The molecule has 3 nitrogen and oxygen atoms in total. The summed E-state index contributed by atoms with van der Waals surface area (Å²) in [4.78, 5) is 18.3. The van der Waals surface area contributed by atoms with Gasteiger partial charge >= 0.3 is 0 Å². The average Bonchev–Trinajstić information content (AvgIpc) is 2.39. The Hall–Kier alpha value is -1.09. The van der Waals surface area contributed by atoms with Crippen molar-refractivity contribution in [1.82, 2.24) is 9.88 Å². The van der Waals surface area contributed by atoms with Crippen LogP contribution in [-0.2, 0) is 0 Å². The molecule has 0 saturated carbocycles. The number of hydrogen-bond acceptors (Lipinski definition) is 2. The topological polar surface area (TPSA) is 33.2 Å². The van der Waals surface area contributed by atoms with Crippen LogP contribution in [0.2, 0.25) is 0 Å². The summed E-state index contributed by atoms with van der Waals surface area (Å²) in [5.41, 5.74) is 1.52. The highest BCUT2D eigenvalue weighted by Crippen LogP contribution is 2.20. The van der Waals surface area contributed by atoms with Crippen LogP contribution in [0.4, 0.5) is 0 Å².